The van der Waals surface area contributed by atoms with Gasteiger partial charge in [0.05, 0.1) is 12.2 Å². The number of hydrogen-bond donors (Lipinski definition) is 1. The minimum Gasteiger partial charge on any atom is -0.374 e. The molecule has 1 N–H and O–H groups in total. The monoisotopic (exact) mass is 196 g/mol. The van der Waals surface area contributed by atoms with Crippen molar-refractivity contribution in [2.75, 3.05) is 5.75 Å². The molecule has 74 valence electrons. The third kappa shape index (κ3) is 6.57. The molecule has 0 aromatic carbocycles. The van der Waals surface area contributed by atoms with Crippen LogP contribution in [0.15, 0.2) is 0 Å². The molecule has 0 aromatic heterocycles. The Bertz CT molecular complexity index is 207. The molecule has 0 saturated carbocycles. The van der Waals surface area contributed by atoms with Crippen molar-refractivity contribution >= 4 is 10.1 Å². The summed E-state index contributed by atoms with van der Waals surface area (Å²) in [7, 11) is -3.91. The van der Waals surface area contributed by atoms with Gasteiger partial charge in [-0.3, -0.25) is 4.55 Å². The molecule has 1 unspecified atom stereocenters. The Morgan fingerprint density at radius 2 is 1.92 bits per heavy atom. The van der Waals surface area contributed by atoms with Gasteiger partial charge in [0.2, 0.25) is 0 Å². The first-order valence-corrected chi connectivity index (χ1v) is 5.56. The van der Waals surface area contributed by atoms with E-state index >= 15 is 0 Å². The fraction of sp³-hybridized carbons (Fsp3) is 1.00. The molecule has 1 atom stereocenters. The predicted molar refractivity (Wildman–Crippen MR) is 46.7 cm³/mol. The van der Waals surface area contributed by atoms with Crippen LogP contribution in [-0.4, -0.2) is 30.9 Å². The molecule has 0 fully saturated rings. The Morgan fingerprint density at radius 3 is 2.17 bits per heavy atom. The maximum Gasteiger partial charge on any atom is 0.267 e. The van der Waals surface area contributed by atoms with E-state index in [2.05, 4.69) is 0 Å². The second kappa shape index (κ2) is 4.79. The van der Waals surface area contributed by atoms with E-state index in [9.17, 15) is 8.42 Å². The van der Waals surface area contributed by atoms with Crippen LogP contribution in [0.25, 0.3) is 0 Å². The molecular formula is C7H16O4S. The predicted octanol–water partition coefficient (Wildman–Crippen LogP) is 1.08. The topological polar surface area (TPSA) is 63.6 Å². The van der Waals surface area contributed by atoms with Crippen LogP contribution in [0.5, 0.6) is 0 Å². The lowest BCUT2D eigenvalue weighted by molar-refractivity contribution is 0.0183. The molecule has 0 aliphatic carbocycles. The minimum absolute atomic E-state index is 0.0169. The molecule has 0 aromatic rings. The van der Waals surface area contributed by atoms with Crippen molar-refractivity contribution < 1.29 is 17.7 Å². The Balaban J connectivity index is 4.01. The molecule has 0 heterocycles. The largest absolute Gasteiger partial charge is 0.374 e. The molecular weight excluding hydrogens is 180 g/mol. The smallest absolute Gasteiger partial charge is 0.267 e. The fourth-order valence-electron chi connectivity index (χ4n) is 0.873. The average molecular weight is 196 g/mol. The molecule has 0 saturated heterocycles. The molecule has 0 spiro atoms. The first-order chi connectivity index (χ1) is 5.35. The molecule has 0 radical (unpaired) electrons. The van der Waals surface area contributed by atoms with Crippen molar-refractivity contribution in [2.24, 2.45) is 0 Å². The fourth-order valence-corrected chi connectivity index (χ4v) is 1.66. The number of ether oxygens (including phenoxy) is 1. The van der Waals surface area contributed by atoms with Gasteiger partial charge in [0.15, 0.2) is 0 Å². The highest BCUT2D eigenvalue weighted by Gasteiger charge is 2.16. The van der Waals surface area contributed by atoms with Crippen LogP contribution in [0.1, 0.15) is 27.2 Å². The van der Waals surface area contributed by atoms with E-state index in [-0.39, 0.29) is 11.9 Å². The molecule has 12 heavy (non-hydrogen) atoms. The number of hydrogen-bond acceptors (Lipinski definition) is 3. The quantitative estimate of drug-likeness (QED) is 0.668. The van der Waals surface area contributed by atoms with Gasteiger partial charge in [-0.05, 0) is 20.3 Å². The van der Waals surface area contributed by atoms with E-state index in [1.165, 1.54) is 0 Å². The van der Waals surface area contributed by atoms with E-state index in [1.807, 2.05) is 20.8 Å². The van der Waals surface area contributed by atoms with Crippen molar-refractivity contribution in [2.45, 2.75) is 39.4 Å². The van der Waals surface area contributed by atoms with Crippen LogP contribution in [-0.2, 0) is 14.9 Å². The van der Waals surface area contributed by atoms with Gasteiger partial charge in [-0.25, -0.2) is 0 Å². The summed E-state index contributed by atoms with van der Waals surface area (Å²) in [5.41, 5.74) is 0. The van der Waals surface area contributed by atoms with E-state index in [1.54, 1.807) is 0 Å². The van der Waals surface area contributed by atoms with Gasteiger partial charge < -0.3 is 4.74 Å². The molecule has 0 bridgehead atoms. The van der Waals surface area contributed by atoms with Crippen LogP contribution in [0, 0.1) is 0 Å². The van der Waals surface area contributed by atoms with E-state index in [0.29, 0.717) is 6.42 Å². The van der Waals surface area contributed by atoms with Gasteiger partial charge in [0.25, 0.3) is 10.1 Å². The molecule has 0 aliphatic rings. The zero-order valence-electron chi connectivity index (χ0n) is 7.65. The lowest BCUT2D eigenvalue weighted by Crippen LogP contribution is -2.25. The highest BCUT2D eigenvalue weighted by atomic mass is 32.2. The van der Waals surface area contributed by atoms with Crippen molar-refractivity contribution in [3.63, 3.8) is 0 Å². The Labute approximate surface area is 73.7 Å². The van der Waals surface area contributed by atoms with E-state index in [4.69, 9.17) is 9.29 Å². The third-order valence-corrected chi connectivity index (χ3v) is 2.11. The Kier molecular flexibility index (Phi) is 4.74. The summed E-state index contributed by atoms with van der Waals surface area (Å²) in [5.74, 6) is -0.318. The molecule has 5 heteroatoms. The maximum atomic E-state index is 10.5. The SMILES string of the molecule is CCC(CS(=O)(=O)O)OC(C)C. The maximum absolute atomic E-state index is 10.5. The van der Waals surface area contributed by atoms with Crippen molar-refractivity contribution in [1.29, 1.82) is 0 Å². The summed E-state index contributed by atoms with van der Waals surface area (Å²) < 4.78 is 34.7. The van der Waals surface area contributed by atoms with Gasteiger partial charge in [-0.15, -0.1) is 0 Å². The van der Waals surface area contributed by atoms with Crippen LogP contribution < -0.4 is 0 Å². The Hall–Kier alpha value is -0.130. The van der Waals surface area contributed by atoms with Crippen LogP contribution in [0.2, 0.25) is 0 Å². The third-order valence-electron chi connectivity index (χ3n) is 1.32. The number of rotatable bonds is 5. The second-order valence-corrected chi connectivity index (χ2v) is 4.46. The van der Waals surface area contributed by atoms with Crippen molar-refractivity contribution in [3.05, 3.63) is 0 Å². The van der Waals surface area contributed by atoms with Gasteiger partial charge in [-0.2, -0.15) is 8.42 Å². The zero-order chi connectivity index (χ0) is 9.78. The summed E-state index contributed by atoms with van der Waals surface area (Å²) >= 11 is 0. The summed E-state index contributed by atoms with van der Waals surface area (Å²) in [4.78, 5) is 0. The standard InChI is InChI=1S/C7H16O4S/c1-4-7(11-6(2)3)5-12(8,9)10/h6-7H,4-5H2,1-3H3,(H,8,9,10). The highest BCUT2D eigenvalue weighted by Crippen LogP contribution is 2.04. The summed E-state index contributed by atoms with van der Waals surface area (Å²) in [6.07, 6.45) is 0.162. The van der Waals surface area contributed by atoms with Gasteiger partial charge in [0.1, 0.15) is 5.75 Å². The lowest BCUT2D eigenvalue weighted by Gasteiger charge is -2.16. The van der Waals surface area contributed by atoms with Crippen molar-refractivity contribution in [1.82, 2.24) is 0 Å². The first kappa shape index (κ1) is 11.9. The molecule has 0 rings (SSSR count). The van der Waals surface area contributed by atoms with Crippen LogP contribution >= 0.6 is 0 Å². The highest BCUT2D eigenvalue weighted by molar-refractivity contribution is 7.85. The van der Waals surface area contributed by atoms with Gasteiger partial charge in [0, 0.05) is 0 Å². The molecule has 0 aliphatic heterocycles. The zero-order valence-corrected chi connectivity index (χ0v) is 8.47. The van der Waals surface area contributed by atoms with Gasteiger partial charge >= 0.3 is 0 Å². The summed E-state index contributed by atoms with van der Waals surface area (Å²) in [5, 5.41) is 0. The van der Waals surface area contributed by atoms with Crippen molar-refractivity contribution in [3.8, 4) is 0 Å². The summed E-state index contributed by atoms with van der Waals surface area (Å²) in [6.45, 7) is 5.47. The second-order valence-electron chi connectivity index (χ2n) is 2.96. The van der Waals surface area contributed by atoms with E-state index in [0.717, 1.165) is 0 Å². The average Bonchev–Trinajstić information content (AvgIpc) is 1.82. The van der Waals surface area contributed by atoms with E-state index < -0.39 is 16.2 Å². The minimum atomic E-state index is -3.91. The normalized spacial score (nSPS) is 15.1. The molecule has 4 nitrogen and oxygen atoms in total. The Morgan fingerprint density at radius 1 is 1.42 bits per heavy atom. The first-order valence-electron chi connectivity index (χ1n) is 3.95. The lowest BCUT2D eigenvalue weighted by atomic mass is 10.3. The summed E-state index contributed by atoms with van der Waals surface area (Å²) in [6, 6.07) is 0. The molecule has 0 amide bonds. The van der Waals surface area contributed by atoms with Gasteiger partial charge in [-0.1, -0.05) is 6.92 Å². The van der Waals surface area contributed by atoms with Crippen LogP contribution in [0.4, 0.5) is 0 Å². The van der Waals surface area contributed by atoms with Crippen LogP contribution in [0.3, 0.4) is 0 Å².